The van der Waals surface area contributed by atoms with Gasteiger partial charge in [-0.3, -0.25) is 14.5 Å². The van der Waals surface area contributed by atoms with Gasteiger partial charge in [-0.2, -0.15) is 0 Å². The maximum absolute atomic E-state index is 12.9. The minimum atomic E-state index is -0.0422. The number of rotatable bonds is 4. The Labute approximate surface area is 189 Å². The van der Waals surface area contributed by atoms with Crippen molar-refractivity contribution < 1.29 is 14.0 Å². The van der Waals surface area contributed by atoms with E-state index >= 15 is 0 Å². The highest BCUT2D eigenvalue weighted by molar-refractivity contribution is 5.96. The lowest BCUT2D eigenvalue weighted by Gasteiger charge is -2.36. The summed E-state index contributed by atoms with van der Waals surface area (Å²) >= 11 is 0. The highest BCUT2D eigenvalue weighted by atomic mass is 35.5. The van der Waals surface area contributed by atoms with E-state index in [1.165, 1.54) is 11.8 Å². The summed E-state index contributed by atoms with van der Waals surface area (Å²) in [7, 11) is 0. The van der Waals surface area contributed by atoms with E-state index in [1.807, 2.05) is 28.0 Å². The number of benzene rings is 1. The molecule has 4 rings (SSSR count). The number of carbonyl (C=O) groups excluding carboxylic acids is 2. The number of hydrogen-bond acceptors (Lipinski definition) is 5. The van der Waals surface area contributed by atoms with Crippen molar-refractivity contribution in [3.05, 3.63) is 53.5 Å². The van der Waals surface area contributed by atoms with Crippen molar-refractivity contribution in [1.82, 2.24) is 9.80 Å². The van der Waals surface area contributed by atoms with Crippen LogP contribution in [0, 0.1) is 0 Å². The molecule has 3 heterocycles. The van der Waals surface area contributed by atoms with Gasteiger partial charge in [0.15, 0.2) is 0 Å². The summed E-state index contributed by atoms with van der Waals surface area (Å²) in [5.41, 5.74) is 8.36. The SMILES string of the molecule is Cl.Cl.NCc1cc(C(=O)N2CCN(CC(=O)N3CCCc4ccccc43)CC2)co1. The molecule has 2 aliphatic rings. The average Bonchev–Trinajstić information content (AvgIpc) is 3.22. The van der Waals surface area contributed by atoms with Crippen LogP contribution in [0.2, 0.25) is 0 Å². The fourth-order valence-electron chi connectivity index (χ4n) is 3.96. The molecule has 0 aliphatic carbocycles. The molecular formula is C21H28Cl2N4O3. The second-order valence-corrected chi connectivity index (χ2v) is 7.35. The molecule has 0 spiro atoms. The number of furan rings is 1. The summed E-state index contributed by atoms with van der Waals surface area (Å²) in [6.07, 6.45) is 3.50. The summed E-state index contributed by atoms with van der Waals surface area (Å²) in [4.78, 5) is 31.3. The highest BCUT2D eigenvalue weighted by Crippen LogP contribution is 2.26. The molecule has 0 saturated carbocycles. The molecular weight excluding hydrogens is 427 g/mol. The van der Waals surface area contributed by atoms with Crippen LogP contribution in [-0.2, 0) is 17.8 Å². The van der Waals surface area contributed by atoms with Gasteiger partial charge in [0.1, 0.15) is 12.0 Å². The van der Waals surface area contributed by atoms with Crippen LogP contribution in [0.3, 0.4) is 0 Å². The van der Waals surface area contributed by atoms with Crippen LogP contribution in [0.15, 0.2) is 41.0 Å². The number of fused-ring (bicyclic) bond motifs is 1. The lowest BCUT2D eigenvalue weighted by Crippen LogP contribution is -2.52. The van der Waals surface area contributed by atoms with Gasteiger partial charge in [-0.15, -0.1) is 24.8 Å². The maximum Gasteiger partial charge on any atom is 0.257 e. The molecule has 1 fully saturated rings. The number of para-hydroxylation sites is 1. The van der Waals surface area contributed by atoms with Crippen LogP contribution in [0.5, 0.6) is 0 Å². The van der Waals surface area contributed by atoms with Crippen LogP contribution in [-0.4, -0.2) is 60.9 Å². The molecule has 2 N–H and O–H groups in total. The molecule has 30 heavy (non-hydrogen) atoms. The zero-order chi connectivity index (χ0) is 19.5. The van der Waals surface area contributed by atoms with Gasteiger partial charge in [0.2, 0.25) is 5.91 Å². The molecule has 0 bridgehead atoms. The Morgan fingerprint density at radius 1 is 1.03 bits per heavy atom. The largest absolute Gasteiger partial charge is 0.467 e. The Kier molecular flexibility index (Phi) is 8.73. The monoisotopic (exact) mass is 454 g/mol. The second kappa shape index (κ2) is 10.8. The van der Waals surface area contributed by atoms with Crippen molar-refractivity contribution in [2.24, 2.45) is 5.73 Å². The van der Waals surface area contributed by atoms with E-state index in [0.29, 0.717) is 44.0 Å². The predicted octanol–water partition coefficient (Wildman–Crippen LogP) is 2.32. The van der Waals surface area contributed by atoms with E-state index < -0.39 is 0 Å². The third-order valence-electron chi connectivity index (χ3n) is 5.53. The summed E-state index contributed by atoms with van der Waals surface area (Å²) in [6.45, 7) is 4.03. The third kappa shape index (κ3) is 5.16. The second-order valence-electron chi connectivity index (χ2n) is 7.35. The van der Waals surface area contributed by atoms with E-state index in [9.17, 15) is 9.59 Å². The van der Waals surface area contributed by atoms with Gasteiger partial charge < -0.3 is 20.0 Å². The Hall–Kier alpha value is -2.06. The first-order valence-corrected chi connectivity index (χ1v) is 9.83. The topological polar surface area (TPSA) is 83.0 Å². The summed E-state index contributed by atoms with van der Waals surface area (Å²) in [5, 5.41) is 0. The van der Waals surface area contributed by atoms with Gasteiger partial charge in [0, 0.05) is 38.4 Å². The van der Waals surface area contributed by atoms with Crippen molar-refractivity contribution in [1.29, 1.82) is 0 Å². The van der Waals surface area contributed by atoms with Crippen molar-refractivity contribution in [3.63, 3.8) is 0 Å². The van der Waals surface area contributed by atoms with Crippen LogP contribution < -0.4 is 10.6 Å². The number of aryl methyl sites for hydroxylation is 1. The van der Waals surface area contributed by atoms with Gasteiger partial charge in [-0.05, 0) is 30.5 Å². The fraction of sp³-hybridized carbons (Fsp3) is 0.429. The van der Waals surface area contributed by atoms with E-state index in [4.69, 9.17) is 10.2 Å². The van der Waals surface area contributed by atoms with E-state index in [0.717, 1.165) is 25.1 Å². The first-order valence-electron chi connectivity index (χ1n) is 9.83. The van der Waals surface area contributed by atoms with Crippen molar-refractivity contribution in [2.75, 3.05) is 44.2 Å². The molecule has 1 saturated heterocycles. The first kappa shape index (κ1) is 24.2. The number of halogens is 2. The van der Waals surface area contributed by atoms with E-state index in [1.54, 1.807) is 6.07 Å². The summed E-state index contributed by atoms with van der Waals surface area (Å²) < 4.78 is 5.26. The van der Waals surface area contributed by atoms with Gasteiger partial charge in [-0.1, -0.05) is 18.2 Å². The van der Waals surface area contributed by atoms with Crippen LogP contribution in [0.25, 0.3) is 0 Å². The predicted molar refractivity (Wildman–Crippen MR) is 121 cm³/mol. The highest BCUT2D eigenvalue weighted by Gasteiger charge is 2.27. The van der Waals surface area contributed by atoms with E-state index in [2.05, 4.69) is 11.0 Å². The molecule has 1 aromatic heterocycles. The Bertz CT molecular complexity index is 865. The van der Waals surface area contributed by atoms with Crippen molar-refractivity contribution in [3.8, 4) is 0 Å². The number of anilines is 1. The minimum Gasteiger partial charge on any atom is -0.467 e. The van der Waals surface area contributed by atoms with Gasteiger partial charge in [0.25, 0.3) is 5.91 Å². The molecule has 1 aromatic carbocycles. The number of carbonyl (C=O) groups is 2. The van der Waals surface area contributed by atoms with Crippen LogP contribution in [0.4, 0.5) is 5.69 Å². The van der Waals surface area contributed by atoms with Gasteiger partial charge in [0.05, 0.1) is 18.7 Å². The Balaban J connectivity index is 0.00000160. The lowest BCUT2D eigenvalue weighted by molar-refractivity contribution is -0.120. The van der Waals surface area contributed by atoms with Crippen molar-refractivity contribution in [2.45, 2.75) is 19.4 Å². The molecule has 2 aromatic rings. The zero-order valence-electron chi connectivity index (χ0n) is 16.8. The summed E-state index contributed by atoms with van der Waals surface area (Å²) in [6, 6.07) is 9.85. The summed E-state index contributed by atoms with van der Waals surface area (Å²) in [5.74, 6) is 0.697. The smallest absolute Gasteiger partial charge is 0.257 e. The molecule has 0 unspecified atom stereocenters. The standard InChI is InChI=1S/C21H26N4O3.2ClH/c22-13-18-12-17(15-28-18)21(27)24-10-8-23(9-11-24)14-20(26)25-7-3-5-16-4-1-2-6-19(16)25;;/h1-2,4,6,12,15H,3,5,7-11,13-14,22H2;2*1H. The number of hydrogen-bond donors (Lipinski definition) is 1. The fourth-order valence-corrected chi connectivity index (χ4v) is 3.96. The third-order valence-corrected chi connectivity index (χ3v) is 5.53. The minimum absolute atomic E-state index is 0. The molecule has 0 atom stereocenters. The number of amides is 2. The van der Waals surface area contributed by atoms with Crippen LogP contribution >= 0.6 is 24.8 Å². The van der Waals surface area contributed by atoms with Gasteiger partial charge in [-0.25, -0.2) is 0 Å². The Morgan fingerprint density at radius 3 is 2.47 bits per heavy atom. The molecule has 164 valence electrons. The molecule has 7 nitrogen and oxygen atoms in total. The lowest BCUT2D eigenvalue weighted by atomic mass is 10.0. The molecule has 2 aliphatic heterocycles. The maximum atomic E-state index is 12.9. The van der Waals surface area contributed by atoms with Crippen molar-refractivity contribution >= 4 is 42.3 Å². The Morgan fingerprint density at radius 2 is 1.77 bits per heavy atom. The molecule has 2 amide bonds. The number of nitrogens with zero attached hydrogens (tertiary/aromatic N) is 3. The normalized spacial score (nSPS) is 16.3. The molecule has 0 radical (unpaired) electrons. The first-order chi connectivity index (χ1) is 13.7. The quantitative estimate of drug-likeness (QED) is 0.765. The number of piperazine rings is 1. The van der Waals surface area contributed by atoms with Gasteiger partial charge >= 0.3 is 0 Å². The molecule has 9 heteroatoms. The zero-order valence-corrected chi connectivity index (χ0v) is 18.4. The average molecular weight is 455 g/mol. The van der Waals surface area contributed by atoms with Crippen LogP contribution in [0.1, 0.15) is 28.1 Å². The van der Waals surface area contributed by atoms with E-state index in [-0.39, 0.29) is 43.2 Å². The number of nitrogens with two attached hydrogens (primary N) is 1.